The molecule has 0 radical (unpaired) electrons. The average Bonchev–Trinajstić information content (AvgIpc) is 2.90. The van der Waals surface area contributed by atoms with Gasteiger partial charge in [-0.3, -0.25) is 10.2 Å². The second kappa shape index (κ2) is 4.78. The zero-order chi connectivity index (χ0) is 13.2. The number of aromatic nitrogens is 1. The van der Waals surface area contributed by atoms with Crippen LogP contribution in [-0.4, -0.2) is 10.5 Å². The summed E-state index contributed by atoms with van der Waals surface area (Å²) in [5.74, 6) is 5.77. The van der Waals surface area contributed by atoms with Crippen molar-refractivity contribution in [1.82, 2.24) is 9.99 Å². The van der Waals surface area contributed by atoms with E-state index in [1.165, 1.54) is 5.56 Å². The maximum atomic E-state index is 11.7. The Kier molecular flexibility index (Phi) is 2.97. The van der Waals surface area contributed by atoms with Gasteiger partial charge in [0, 0.05) is 12.7 Å². The van der Waals surface area contributed by atoms with E-state index in [4.69, 9.17) is 5.84 Å². The second-order valence-corrected chi connectivity index (χ2v) is 4.64. The number of carbonyl (C=O) groups is 1. The topological polar surface area (TPSA) is 72.1 Å². The third-order valence-electron chi connectivity index (χ3n) is 3.51. The molecule has 4 N–H and O–H groups in total. The van der Waals surface area contributed by atoms with Gasteiger partial charge in [-0.25, -0.2) is 5.84 Å². The number of hydrogen-bond acceptors (Lipinski definition) is 3. The van der Waals surface area contributed by atoms with Gasteiger partial charge in [-0.15, -0.1) is 0 Å². The molecule has 1 aromatic carbocycles. The highest BCUT2D eigenvalue weighted by Gasteiger charge is 2.23. The molecule has 1 aliphatic heterocycles. The molecule has 2 aromatic rings. The van der Waals surface area contributed by atoms with E-state index in [0.29, 0.717) is 5.56 Å². The molecular weight excluding hydrogens is 240 g/mol. The van der Waals surface area contributed by atoms with E-state index in [9.17, 15) is 4.79 Å². The number of nitrogens with two attached hydrogens (primary N) is 1. The Balaban J connectivity index is 1.91. The molecule has 98 valence electrons. The van der Waals surface area contributed by atoms with Crippen LogP contribution in [0.2, 0.25) is 0 Å². The third kappa shape index (κ3) is 2.08. The van der Waals surface area contributed by atoms with Crippen LogP contribution in [0.15, 0.2) is 42.6 Å². The maximum Gasteiger partial charge on any atom is 0.268 e. The normalized spacial score (nSPS) is 17.4. The minimum Gasteiger partial charge on any atom is -0.364 e. The van der Waals surface area contributed by atoms with Crippen LogP contribution >= 0.6 is 0 Å². The number of benzene rings is 1. The van der Waals surface area contributed by atoms with E-state index in [2.05, 4.69) is 22.9 Å². The molecule has 1 aromatic heterocycles. The first-order chi connectivity index (χ1) is 9.29. The summed E-state index contributed by atoms with van der Waals surface area (Å²) in [6.07, 6.45) is 2.91. The van der Waals surface area contributed by atoms with Gasteiger partial charge in [-0.2, -0.15) is 0 Å². The Bertz CT molecular complexity index is 591. The van der Waals surface area contributed by atoms with Gasteiger partial charge in [0.25, 0.3) is 5.91 Å². The molecule has 5 nitrogen and oxygen atoms in total. The summed E-state index contributed by atoms with van der Waals surface area (Å²) in [7, 11) is 0. The van der Waals surface area contributed by atoms with Crippen LogP contribution < -0.4 is 16.6 Å². The number of hydrogen-bond donors (Lipinski definition) is 3. The summed E-state index contributed by atoms with van der Waals surface area (Å²) in [6.45, 7) is 0.889. The van der Waals surface area contributed by atoms with Crippen molar-refractivity contribution in [2.75, 3.05) is 5.32 Å². The van der Waals surface area contributed by atoms with Crippen LogP contribution in [-0.2, 0) is 6.54 Å². The van der Waals surface area contributed by atoms with Gasteiger partial charge in [0.2, 0.25) is 0 Å². The fraction of sp³-hybridized carbons (Fsp3) is 0.214. The molecule has 0 saturated carbocycles. The first-order valence-corrected chi connectivity index (χ1v) is 6.31. The number of nitrogens with one attached hydrogen (secondary N) is 2. The van der Waals surface area contributed by atoms with Crippen LogP contribution in [0.1, 0.15) is 28.4 Å². The molecule has 0 aliphatic carbocycles. The van der Waals surface area contributed by atoms with E-state index < -0.39 is 0 Å². The van der Waals surface area contributed by atoms with Gasteiger partial charge in [0.1, 0.15) is 5.82 Å². The predicted octanol–water partition coefficient (Wildman–Crippen LogP) is 1.65. The number of aryl methyl sites for hydroxylation is 1. The van der Waals surface area contributed by atoms with Crippen molar-refractivity contribution in [1.29, 1.82) is 0 Å². The van der Waals surface area contributed by atoms with E-state index in [0.717, 1.165) is 18.8 Å². The lowest BCUT2D eigenvalue weighted by molar-refractivity contribution is 0.0954. The maximum absolute atomic E-state index is 11.7. The molecular formula is C14H16N4O. The van der Waals surface area contributed by atoms with Crippen molar-refractivity contribution < 1.29 is 4.79 Å². The summed E-state index contributed by atoms with van der Waals surface area (Å²) in [5, 5.41) is 3.42. The molecule has 1 amide bonds. The van der Waals surface area contributed by atoms with Crippen LogP contribution in [0.5, 0.6) is 0 Å². The molecule has 5 heteroatoms. The summed E-state index contributed by atoms with van der Waals surface area (Å²) in [6, 6.07) is 12.3. The van der Waals surface area contributed by atoms with Crippen molar-refractivity contribution in [3.8, 4) is 0 Å². The van der Waals surface area contributed by atoms with Gasteiger partial charge in [-0.05, 0) is 18.1 Å². The molecule has 19 heavy (non-hydrogen) atoms. The Morgan fingerprint density at radius 3 is 2.84 bits per heavy atom. The number of carbonyl (C=O) groups excluding carboxylic acids is 1. The number of nitrogen functional groups attached to an aromatic ring is 1. The van der Waals surface area contributed by atoms with Crippen molar-refractivity contribution >= 4 is 11.7 Å². The number of hydrazine groups is 1. The lowest BCUT2D eigenvalue weighted by Crippen LogP contribution is -2.31. The summed E-state index contributed by atoms with van der Waals surface area (Å²) in [4.78, 5) is 11.7. The zero-order valence-corrected chi connectivity index (χ0v) is 10.5. The molecule has 1 aliphatic rings. The number of anilines is 1. The van der Waals surface area contributed by atoms with E-state index in [1.54, 1.807) is 6.07 Å². The molecule has 2 heterocycles. The van der Waals surface area contributed by atoms with Gasteiger partial charge in [-0.1, -0.05) is 30.3 Å². The Hall–Kier alpha value is -2.27. The van der Waals surface area contributed by atoms with Gasteiger partial charge in [0.15, 0.2) is 0 Å². The second-order valence-electron chi connectivity index (χ2n) is 4.64. The lowest BCUT2D eigenvalue weighted by Gasteiger charge is -2.27. The Labute approximate surface area is 111 Å². The largest absolute Gasteiger partial charge is 0.364 e. The smallest absolute Gasteiger partial charge is 0.268 e. The fourth-order valence-electron chi connectivity index (χ4n) is 2.52. The average molecular weight is 256 g/mol. The highest BCUT2D eigenvalue weighted by Crippen LogP contribution is 2.31. The van der Waals surface area contributed by atoms with E-state index in [-0.39, 0.29) is 11.9 Å². The highest BCUT2D eigenvalue weighted by molar-refractivity contribution is 5.98. The van der Waals surface area contributed by atoms with E-state index in [1.807, 2.05) is 29.0 Å². The first kappa shape index (κ1) is 11.8. The fourth-order valence-corrected chi connectivity index (χ4v) is 2.52. The monoisotopic (exact) mass is 256 g/mol. The number of fused-ring (bicyclic) bond motifs is 1. The Morgan fingerprint density at radius 1 is 1.32 bits per heavy atom. The van der Waals surface area contributed by atoms with Crippen LogP contribution in [0.25, 0.3) is 0 Å². The summed E-state index contributed by atoms with van der Waals surface area (Å²) in [5.41, 5.74) is 4.00. The van der Waals surface area contributed by atoms with Crippen molar-refractivity contribution in [2.45, 2.75) is 19.0 Å². The van der Waals surface area contributed by atoms with Crippen LogP contribution in [0.4, 0.5) is 5.82 Å². The molecule has 0 spiro atoms. The quantitative estimate of drug-likeness (QED) is 0.434. The Morgan fingerprint density at radius 2 is 2.11 bits per heavy atom. The molecule has 1 atom stereocenters. The third-order valence-corrected chi connectivity index (χ3v) is 3.51. The van der Waals surface area contributed by atoms with E-state index >= 15 is 0 Å². The molecule has 3 rings (SSSR count). The number of rotatable bonds is 2. The van der Waals surface area contributed by atoms with Crippen LogP contribution in [0, 0.1) is 0 Å². The van der Waals surface area contributed by atoms with Crippen molar-refractivity contribution in [3.63, 3.8) is 0 Å². The predicted molar refractivity (Wildman–Crippen MR) is 73.5 cm³/mol. The van der Waals surface area contributed by atoms with Crippen LogP contribution in [0.3, 0.4) is 0 Å². The molecule has 1 unspecified atom stereocenters. The molecule has 0 saturated heterocycles. The lowest BCUT2D eigenvalue weighted by atomic mass is 10.0. The summed E-state index contributed by atoms with van der Waals surface area (Å²) < 4.78 is 2.05. The SMILES string of the molecule is NNC(=O)c1ccn2c1NC(c1ccccc1)CC2. The zero-order valence-electron chi connectivity index (χ0n) is 10.5. The van der Waals surface area contributed by atoms with Crippen molar-refractivity contribution in [3.05, 3.63) is 53.7 Å². The molecule has 0 bridgehead atoms. The highest BCUT2D eigenvalue weighted by atomic mass is 16.2. The van der Waals surface area contributed by atoms with Gasteiger partial charge in [0.05, 0.1) is 11.6 Å². The molecule has 0 fully saturated rings. The minimum atomic E-state index is -0.269. The number of amides is 1. The first-order valence-electron chi connectivity index (χ1n) is 6.31. The van der Waals surface area contributed by atoms with Gasteiger partial charge < -0.3 is 9.88 Å². The minimum absolute atomic E-state index is 0.230. The van der Waals surface area contributed by atoms with Gasteiger partial charge >= 0.3 is 0 Å². The number of nitrogens with zero attached hydrogens (tertiary/aromatic N) is 1. The summed E-state index contributed by atoms with van der Waals surface area (Å²) >= 11 is 0. The van der Waals surface area contributed by atoms with Crippen molar-refractivity contribution in [2.24, 2.45) is 5.84 Å². The standard InChI is InChI=1S/C14H16N4O/c15-17-14(19)11-6-8-18-9-7-12(16-13(11)18)10-4-2-1-3-5-10/h1-6,8,12,16H,7,9,15H2,(H,17,19).